The van der Waals surface area contributed by atoms with Crippen molar-refractivity contribution in [3.63, 3.8) is 0 Å². The minimum absolute atomic E-state index is 0.0293. The number of carboxylic acid groups (broad SMARTS) is 1. The van der Waals surface area contributed by atoms with Gasteiger partial charge in [0.1, 0.15) is 18.0 Å². The molecule has 1 aliphatic rings. The summed E-state index contributed by atoms with van der Waals surface area (Å²) in [6.07, 6.45) is 0.528. The Morgan fingerprint density at radius 2 is 1.79 bits per heavy atom. The summed E-state index contributed by atoms with van der Waals surface area (Å²) in [5, 5.41) is 20.1. The van der Waals surface area contributed by atoms with E-state index in [2.05, 4.69) is 5.16 Å². The van der Waals surface area contributed by atoms with Gasteiger partial charge in [0.05, 0.1) is 18.0 Å². The Kier molecular flexibility index (Phi) is 8.39. The molecule has 9 N–H and O–H groups in total. The lowest BCUT2D eigenvalue weighted by Gasteiger charge is -2.16. The zero-order valence-corrected chi connectivity index (χ0v) is 16.3. The first-order chi connectivity index (χ1) is 13.3. The summed E-state index contributed by atoms with van der Waals surface area (Å²) < 4.78 is 25.9. The molecule has 0 fully saturated rings. The van der Waals surface area contributed by atoms with Gasteiger partial charge in [-0.1, -0.05) is 29.4 Å². The van der Waals surface area contributed by atoms with Crippen molar-refractivity contribution in [2.24, 2.45) is 22.4 Å². The smallest absolute Gasteiger partial charge is 0.322 e. The third-order valence-corrected chi connectivity index (χ3v) is 3.73. The minimum atomic E-state index is -3.67. The zero-order chi connectivity index (χ0) is 22.4. The molecule has 12 nitrogen and oxygen atoms in total. The molecule has 0 saturated heterocycles. The highest BCUT2D eigenvalue weighted by Crippen LogP contribution is 2.20. The maximum absolute atomic E-state index is 12.0. The Morgan fingerprint density at radius 3 is 2.24 bits per heavy atom. The number of nitrogens with zero attached hydrogens (tertiary/aromatic N) is 1. The number of carbonyl (C=O) groups is 2. The number of nitrogen functional groups attached to an aromatic ring is 1. The van der Waals surface area contributed by atoms with E-state index in [1.807, 2.05) is 0 Å². The first kappa shape index (κ1) is 24.2. The van der Waals surface area contributed by atoms with Crippen molar-refractivity contribution in [2.45, 2.75) is 31.0 Å². The van der Waals surface area contributed by atoms with Crippen LogP contribution in [0, 0.1) is 5.41 Å². The molecule has 3 atom stereocenters. The van der Waals surface area contributed by atoms with Crippen LogP contribution in [0.5, 0.6) is 0 Å². The lowest BCUT2D eigenvalue weighted by atomic mass is 9.97. The van der Waals surface area contributed by atoms with Gasteiger partial charge in [-0.25, -0.2) is 0 Å². The van der Waals surface area contributed by atoms with E-state index in [0.717, 1.165) is 5.56 Å². The second-order valence-corrected chi connectivity index (χ2v) is 7.72. The molecule has 0 aliphatic carbocycles. The molecule has 0 amide bonds. The van der Waals surface area contributed by atoms with Gasteiger partial charge in [-0.2, -0.15) is 8.42 Å². The van der Waals surface area contributed by atoms with E-state index >= 15 is 0 Å². The van der Waals surface area contributed by atoms with Gasteiger partial charge in [0.15, 0.2) is 5.78 Å². The van der Waals surface area contributed by atoms with Crippen LogP contribution in [0.1, 0.15) is 24.0 Å². The van der Waals surface area contributed by atoms with E-state index in [9.17, 15) is 18.0 Å². The highest BCUT2D eigenvalue weighted by Gasteiger charge is 2.31. The van der Waals surface area contributed by atoms with Gasteiger partial charge in [0.2, 0.25) is 0 Å². The maximum atomic E-state index is 12.0. The Hall–Kier alpha value is -2.87. The van der Waals surface area contributed by atoms with Gasteiger partial charge in [-0.05, 0) is 5.56 Å². The van der Waals surface area contributed by atoms with Crippen molar-refractivity contribution >= 4 is 33.4 Å². The fourth-order valence-corrected chi connectivity index (χ4v) is 2.26. The van der Waals surface area contributed by atoms with E-state index < -0.39 is 40.1 Å². The fraction of sp³-hybridized carbons (Fsp3) is 0.375. The van der Waals surface area contributed by atoms with Gasteiger partial charge < -0.3 is 27.1 Å². The van der Waals surface area contributed by atoms with Crippen LogP contribution < -0.4 is 17.2 Å². The number of nitrogens with one attached hydrogen (secondary N) is 1. The second kappa shape index (κ2) is 10.1. The maximum Gasteiger partial charge on any atom is 0.322 e. The summed E-state index contributed by atoms with van der Waals surface area (Å²) in [5.41, 5.74) is 18.3. The summed E-state index contributed by atoms with van der Waals surface area (Å²) >= 11 is 0. The molecule has 0 radical (unpaired) electrons. The number of oxime groups is 1. The summed E-state index contributed by atoms with van der Waals surface area (Å²) in [4.78, 5) is 27.9. The molecule has 0 spiro atoms. The molecular weight excluding hydrogens is 406 g/mol. The standard InChI is InChI=1S/C15H19N5O4.CH4O3S/c16-12(13(17)15(22)23)11(21)6-9-5-10(20-24-9)7-1-3-8(4-2-7)14(18)19;1-5(2,3)4/h1-4,9,12-13H,5-6,16-17H2,(H3,18,19)(H,22,23);1H3,(H,2,3,4)/t9-,12?,13+;/m1./s1. The molecule has 2 rings (SSSR count). The average Bonchev–Trinajstić information content (AvgIpc) is 3.07. The number of Topliss-reactive ketones (excluding diaryl/α,β-unsaturated/α-hetero) is 1. The summed E-state index contributed by atoms with van der Waals surface area (Å²) in [6.45, 7) is 0. The van der Waals surface area contributed by atoms with Crippen LogP contribution in [0.2, 0.25) is 0 Å². The van der Waals surface area contributed by atoms with Crippen LogP contribution in [-0.4, -0.2) is 65.8 Å². The number of nitrogens with two attached hydrogens (primary N) is 3. The molecule has 13 heteroatoms. The average molecular weight is 429 g/mol. The van der Waals surface area contributed by atoms with E-state index in [1.165, 1.54) is 0 Å². The molecule has 0 saturated carbocycles. The largest absolute Gasteiger partial charge is 0.480 e. The third kappa shape index (κ3) is 8.35. The van der Waals surface area contributed by atoms with Crippen molar-refractivity contribution in [1.29, 1.82) is 5.41 Å². The Balaban J connectivity index is 0.000000749. The summed E-state index contributed by atoms with van der Waals surface area (Å²) in [7, 11) is -3.67. The summed E-state index contributed by atoms with van der Waals surface area (Å²) in [6, 6.07) is 4.18. The quantitative estimate of drug-likeness (QED) is 0.170. The van der Waals surface area contributed by atoms with Gasteiger partial charge >= 0.3 is 5.97 Å². The van der Waals surface area contributed by atoms with Crippen molar-refractivity contribution in [1.82, 2.24) is 0 Å². The molecule has 0 bridgehead atoms. The number of rotatable bonds is 7. The van der Waals surface area contributed by atoms with Crippen LogP contribution in [0.4, 0.5) is 0 Å². The molecule has 1 heterocycles. The number of ketones is 1. The van der Waals surface area contributed by atoms with Crippen molar-refractivity contribution in [3.8, 4) is 0 Å². The normalized spacial score (nSPS) is 17.8. The molecule has 1 aliphatic heterocycles. The number of aliphatic carboxylic acids is 1. The number of benzene rings is 1. The van der Waals surface area contributed by atoms with Crippen LogP contribution in [0.3, 0.4) is 0 Å². The van der Waals surface area contributed by atoms with E-state index in [1.54, 1.807) is 24.3 Å². The number of carbonyl (C=O) groups excluding carboxylic acids is 1. The van der Waals surface area contributed by atoms with Crippen LogP contribution in [0.15, 0.2) is 29.4 Å². The number of hydrogen-bond donors (Lipinski definition) is 6. The Morgan fingerprint density at radius 1 is 1.28 bits per heavy atom. The molecule has 160 valence electrons. The van der Waals surface area contributed by atoms with Gasteiger partial charge in [0.25, 0.3) is 10.1 Å². The molecule has 1 aromatic rings. The number of hydrogen-bond acceptors (Lipinski definition) is 9. The van der Waals surface area contributed by atoms with E-state index in [-0.39, 0.29) is 12.3 Å². The van der Waals surface area contributed by atoms with Crippen molar-refractivity contribution < 1.29 is 32.5 Å². The van der Waals surface area contributed by atoms with Gasteiger partial charge in [0, 0.05) is 18.4 Å². The second-order valence-electron chi connectivity index (χ2n) is 6.25. The van der Waals surface area contributed by atoms with Gasteiger partial charge in [-0.15, -0.1) is 0 Å². The SMILES string of the molecule is CS(=O)(=O)O.N=C(N)c1ccc(C2=NO[C@@H](CC(=O)C(N)[C@H](N)C(=O)O)C2)cc1. The van der Waals surface area contributed by atoms with E-state index in [0.29, 0.717) is 24.0 Å². The molecule has 1 unspecified atom stereocenters. The lowest BCUT2D eigenvalue weighted by molar-refractivity contribution is -0.141. The van der Waals surface area contributed by atoms with Crippen LogP contribution in [0.25, 0.3) is 0 Å². The van der Waals surface area contributed by atoms with Crippen molar-refractivity contribution in [3.05, 3.63) is 35.4 Å². The lowest BCUT2D eigenvalue weighted by Crippen LogP contribution is -2.52. The first-order valence-corrected chi connectivity index (χ1v) is 10.0. The predicted molar refractivity (Wildman–Crippen MR) is 104 cm³/mol. The predicted octanol–water partition coefficient (Wildman–Crippen LogP) is -1.33. The highest BCUT2D eigenvalue weighted by molar-refractivity contribution is 7.85. The number of carboxylic acids is 1. The Labute approximate surface area is 166 Å². The number of amidine groups is 1. The summed E-state index contributed by atoms with van der Waals surface area (Å²) in [5.74, 6) is -1.85. The monoisotopic (exact) mass is 429 g/mol. The van der Waals surface area contributed by atoms with Gasteiger partial charge in [-0.3, -0.25) is 19.6 Å². The Bertz CT molecular complexity index is 891. The fourth-order valence-electron chi connectivity index (χ4n) is 2.26. The van der Waals surface area contributed by atoms with Crippen LogP contribution in [-0.2, 0) is 24.5 Å². The van der Waals surface area contributed by atoms with Crippen molar-refractivity contribution in [2.75, 3.05) is 6.26 Å². The van der Waals surface area contributed by atoms with Crippen LogP contribution >= 0.6 is 0 Å². The zero-order valence-electron chi connectivity index (χ0n) is 15.5. The molecular formula is C16H23N5O7S. The first-order valence-electron chi connectivity index (χ1n) is 8.16. The minimum Gasteiger partial charge on any atom is -0.480 e. The third-order valence-electron chi connectivity index (χ3n) is 3.73. The molecule has 0 aromatic heterocycles. The highest BCUT2D eigenvalue weighted by atomic mass is 32.2. The topological polar surface area (TPSA) is 232 Å². The van der Waals surface area contributed by atoms with E-state index in [4.69, 9.17) is 37.1 Å². The molecule has 1 aromatic carbocycles. The molecule has 29 heavy (non-hydrogen) atoms.